The molecule has 0 aliphatic heterocycles. The highest BCUT2D eigenvalue weighted by atomic mass is 79.9. The lowest BCUT2D eigenvalue weighted by Gasteiger charge is -2.11. The Morgan fingerprint density at radius 2 is 1.96 bits per heavy atom. The average molecular weight is 434 g/mol. The summed E-state index contributed by atoms with van der Waals surface area (Å²) in [6.07, 6.45) is 0. The van der Waals surface area contributed by atoms with Crippen molar-refractivity contribution in [3.63, 3.8) is 0 Å². The molecule has 4 nitrogen and oxygen atoms in total. The molecule has 0 heterocycles. The number of anilines is 1. The number of methoxy groups -OCH3 is 1. The van der Waals surface area contributed by atoms with Gasteiger partial charge in [0.1, 0.15) is 5.75 Å². The van der Waals surface area contributed by atoms with Gasteiger partial charge in [0.05, 0.1) is 22.3 Å². The topological polar surface area (TPSA) is 50.4 Å². The highest BCUT2D eigenvalue weighted by molar-refractivity contribution is 9.10. The zero-order chi connectivity index (χ0) is 17.0. The molecule has 0 fully saturated rings. The van der Waals surface area contributed by atoms with Crippen LogP contribution in [0.25, 0.3) is 0 Å². The molecule has 0 unspecified atom stereocenters. The monoisotopic (exact) mass is 432 g/mol. The lowest BCUT2D eigenvalue weighted by Crippen LogP contribution is -2.34. The summed E-state index contributed by atoms with van der Waals surface area (Å²) in [5.74, 6) is 0.283. The van der Waals surface area contributed by atoms with Crippen molar-refractivity contribution in [1.82, 2.24) is 5.32 Å². The van der Waals surface area contributed by atoms with Gasteiger partial charge in [-0.05, 0) is 64.5 Å². The summed E-state index contributed by atoms with van der Waals surface area (Å²) in [6.45, 7) is 0. The third-order valence-corrected chi connectivity index (χ3v) is 4.19. The molecule has 2 aromatic rings. The lowest BCUT2D eigenvalue weighted by atomic mass is 10.2. The number of carbonyl (C=O) groups excluding carboxylic acids is 1. The molecule has 0 spiro atoms. The average Bonchev–Trinajstić information content (AvgIpc) is 2.50. The predicted molar refractivity (Wildman–Crippen MR) is 101 cm³/mol. The summed E-state index contributed by atoms with van der Waals surface area (Å²) in [7, 11) is 1.55. The van der Waals surface area contributed by atoms with E-state index >= 15 is 0 Å². The molecule has 1 amide bonds. The number of halogens is 3. The van der Waals surface area contributed by atoms with Crippen molar-refractivity contribution >= 4 is 68.1 Å². The minimum Gasteiger partial charge on any atom is -0.496 e. The quantitative estimate of drug-likeness (QED) is 0.676. The molecule has 0 atom stereocenters. The van der Waals surface area contributed by atoms with E-state index in [0.29, 0.717) is 31.5 Å². The number of thiocarbonyl (C=S) groups is 1. The second-order valence-electron chi connectivity index (χ2n) is 4.38. The van der Waals surface area contributed by atoms with Crippen LogP contribution in [0.4, 0.5) is 5.69 Å². The van der Waals surface area contributed by atoms with E-state index in [1.165, 1.54) is 0 Å². The van der Waals surface area contributed by atoms with Crippen LogP contribution in [0.2, 0.25) is 10.0 Å². The van der Waals surface area contributed by atoms with Crippen molar-refractivity contribution in [3.8, 4) is 5.75 Å². The Hall–Kier alpha value is -1.34. The molecule has 0 aliphatic carbocycles. The molecule has 0 aromatic heterocycles. The van der Waals surface area contributed by atoms with Crippen LogP contribution in [0.5, 0.6) is 5.75 Å². The van der Waals surface area contributed by atoms with Gasteiger partial charge in [-0.1, -0.05) is 23.2 Å². The largest absolute Gasteiger partial charge is 0.496 e. The molecule has 0 saturated heterocycles. The van der Waals surface area contributed by atoms with E-state index in [4.69, 9.17) is 40.2 Å². The summed E-state index contributed by atoms with van der Waals surface area (Å²) in [4.78, 5) is 12.2. The fourth-order valence-corrected chi connectivity index (χ4v) is 2.93. The number of carbonyl (C=O) groups is 1. The van der Waals surface area contributed by atoms with Crippen molar-refractivity contribution in [2.45, 2.75) is 0 Å². The molecule has 0 saturated carbocycles. The summed E-state index contributed by atoms with van der Waals surface area (Å²) in [6, 6.07) is 9.89. The van der Waals surface area contributed by atoms with Gasteiger partial charge in [-0.3, -0.25) is 10.1 Å². The number of benzene rings is 2. The van der Waals surface area contributed by atoms with E-state index in [9.17, 15) is 4.79 Å². The molecule has 2 aromatic carbocycles. The van der Waals surface area contributed by atoms with Crippen molar-refractivity contribution in [3.05, 3.63) is 56.5 Å². The number of hydrogen-bond donors (Lipinski definition) is 2. The van der Waals surface area contributed by atoms with Crippen LogP contribution in [-0.2, 0) is 0 Å². The molecular weight excluding hydrogens is 423 g/mol. The minimum absolute atomic E-state index is 0.131. The number of ether oxygens (including phenoxy) is 1. The summed E-state index contributed by atoms with van der Waals surface area (Å²) >= 11 is 20.3. The van der Waals surface area contributed by atoms with E-state index < -0.39 is 0 Å². The van der Waals surface area contributed by atoms with E-state index in [2.05, 4.69) is 26.6 Å². The van der Waals surface area contributed by atoms with Crippen molar-refractivity contribution in [2.24, 2.45) is 0 Å². The molecule has 8 heteroatoms. The standard InChI is InChI=1S/C15H11BrCl2N2O2S/c1-22-13-5-2-8(6-10(13)16)14(21)20-15(23)19-12-4-3-9(17)7-11(12)18/h2-7H,1H3,(H2,19,20,21,23). The summed E-state index contributed by atoms with van der Waals surface area (Å²) in [5.41, 5.74) is 0.987. The van der Waals surface area contributed by atoms with E-state index in [1.54, 1.807) is 43.5 Å². The Labute approximate surface area is 157 Å². The fraction of sp³-hybridized carbons (Fsp3) is 0.0667. The second-order valence-corrected chi connectivity index (χ2v) is 6.49. The first-order valence-electron chi connectivity index (χ1n) is 6.31. The lowest BCUT2D eigenvalue weighted by molar-refractivity contribution is 0.0977. The van der Waals surface area contributed by atoms with Crippen LogP contribution in [0.1, 0.15) is 10.4 Å². The number of hydrogen-bond acceptors (Lipinski definition) is 3. The Morgan fingerprint density at radius 3 is 2.57 bits per heavy atom. The summed E-state index contributed by atoms with van der Waals surface area (Å²) < 4.78 is 5.79. The van der Waals surface area contributed by atoms with Crippen LogP contribution in [0, 0.1) is 0 Å². The van der Waals surface area contributed by atoms with Crippen LogP contribution in [0.15, 0.2) is 40.9 Å². The SMILES string of the molecule is COc1ccc(C(=O)NC(=S)Nc2ccc(Cl)cc2Cl)cc1Br. The van der Waals surface area contributed by atoms with Gasteiger partial charge in [0.15, 0.2) is 5.11 Å². The zero-order valence-electron chi connectivity index (χ0n) is 11.8. The first kappa shape index (κ1) is 18.0. The molecule has 120 valence electrons. The zero-order valence-corrected chi connectivity index (χ0v) is 15.7. The summed E-state index contributed by atoms with van der Waals surface area (Å²) in [5, 5.41) is 6.47. The van der Waals surface area contributed by atoms with Crippen LogP contribution >= 0.6 is 51.3 Å². The maximum atomic E-state index is 12.2. The molecule has 23 heavy (non-hydrogen) atoms. The normalized spacial score (nSPS) is 10.1. The van der Waals surface area contributed by atoms with E-state index in [-0.39, 0.29) is 11.0 Å². The van der Waals surface area contributed by atoms with Crippen molar-refractivity contribution < 1.29 is 9.53 Å². The molecular formula is C15H11BrCl2N2O2S. The van der Waals surface area contributed by atoms with Gasteiger partial charge in [0, 0.05) is 10.6 Å². The van der Waals surface area contributed by atoms with Crippen LogP contribution in [-0.4, -0.2) is 18.1 Å². The molecule has 0 radical (unpaired) electrons. The Kier molecular flexibility index (Phi) is 6.24. The molecule has 0 aliphatic rings. The highest BCUT2D eigenvalue weighted by Crippen LogP contribution is 2.26. The predicted octanol–water partition coefficient (Wildman–Crippen LogP) is 4.89. The number of amides is 1. The van der Waals surface area contributed by atoms with Gasteiger partial charge in [0.2, 0.25) is 0 Å². The molecule has 0 bridgehead atoms. The Bertz CT molecular complexity index is 771. The van der Waals surface area contributed by atoms with Gasteiger partial charge in [-0.15, -0.1) is 0 Å². The third kappa shape index (κ3) is 4.81. The Balaban J connectivity index is 2.05. The van der Waals surface area contributed by atoms with E-state index in [0.717, 1.165) is 0 Å². The minimum atomic E-state index is -0.351. The maximum Gasteiger partial charge on any atom is 0.257 e. The fourth-order valence-electron chi connectivity index (χ4n) is 1.73. The van der Waals surface area contributed by atoms with Gasteiger partial charge in [-0.2, -0.15) is 0 Å². The highest BCUT2D eigenvalue weighted by Gasteiger charge is 2.11. The third-order valence-electron chi connectivity index (χ3n) is 2.82. The first-order chi connectivity index (χ1) is 10.9. The van der Waals surface area contributed by atoms with Crippen molar-refractivity contribution in [2.75, 3.05) is 12.4 Å². The smallest absolute Gasteiger partial charge is 0.257 e. The van der Waals surface area contributed by atoms with Gasteiger partial charge in [0.25, 0.3) is 5.91 Å². The van der Waals surface area contributed by atoms with Gasteiger partial charge in [-0.25, -0.2) is 0 Å². The molecule has 2 N–H and O–H groups in total. The first-order valence-corrected chi connectivity index (χ1v) is 8.27. The number of rotatable bonds is 3. The van der Waals surface area contributed by atoms with Gasteiger partial charge < -0.3 is 10.1 Å². The number of nitrogens with one attached hydrogen (secondary N) is 2. The van der Waals surface area contributed by atoms with Gasteiger partial charge >= 0.3 is 0 Å². The van der Waals surface area contributed by atoms with Crippen LogP contribution in [0.3, 0.4) is 0 Å². The second kappa shape index (κ2) is 7.97. The van der Waals surface area contributed by atoms with Crippen LogP contribution < -0.4 is 15.4 Å². The Morgan fingerprint density at radius 1 is 1.22 bits per heavy atom. The molecule has 2 rings (SSSR count). The van der Waals surface area contributed by atoms with Crippen molar-refractivity contribution in [1.29, 1.82) is 0 Å². The maximum absolute atomic E-state index is 12.2. The van der Waals surface area contributed by atoms with E-state index in [1.807, 2.05) is 0 Å².